The lowest BCUT2D eigenvalue weighted by molar-refractivity contribution is -0.126. The van der Waals surface area contributed by atoms with E-state index >= 15 is 0 Å². The molecule has 5 heteroatoms. The van der Waals surface area contributed by atoms with Crippen molar-refractivity contribution in [1.82, 2.24) is 14.7 Å². The van der Waals surface area contributed by atoms with Crippen LogP contribution in [-0.4, -0.2) is 46.3 Å². The van der Waals surface area contributed by atoms with Crippen LogP contribution in [0, 0.1) is 6.92 Å². The number of piperidine rings is 2. The highest BCUT2D eigenvalue weighted by Crippen LogP contribution is 2.28. The summed E-state index contributed by atoms with van der Waals surface area (Å²) in [5.74, 6) is 0.269. The summed E-state index contributed by atoms with van der Waals surface area (Å²) >= 11 is 0. The third-order valence-electron chi connectivity index (χ3n) is 5.52. The maximum Gasteiger partial charge on any atom is 0.244 e. The number of carbonyl (C=O) groups is 1. The van der Waals surface area contributed by atoms with Crippen molar-refractivity contribution in [1.29, 1.82) is 0 Å². The Bertz CT molecular complexity index is 718. The molecule has 132 valence electrons. The van der Waals surface area contributed by atoms with Crippen LogP contribution in [0.4, 0.5) is 5.69 Å². The molecule has 2 aliphatic rings. The van der Waals surface area contributed by atoms with E-state index in [9.17, 15) is 4.79 Å². The molecule has 2 aromatic rings. The minimum absolute atomic E-state index is 0.0364. The maximum absolute atomic E-state index is 13.0. The molecule has 0 bridgehead atoms. The summed E-state index contributed by atoms with van der Waals surface area (Å²) in [6.45, 7) is 4.87. The number of aryl methyl sites for hydroxylation is 1. The van der Waals surface area contributed by atoms with E-state index < -0.39 is 0 Å². The van der Waals surface area contributed by atoms with Crippen molar-refractivity contribution >= 4 is 11.6 Å². The highest BCUT2D eigenvalue weighted by Gasteiger charge is 2.35. The van der Waals surface area contributed by atoms with Gasteiger partial charge in [-0.05, 0) is 50.3 Å². The van der Waals surface area contributed by atoms with Crippen LogP contribution in [-0.2, 0) is 4.79 Å². The molecule has 5 nitrogen and oxygen atoms in total. The predicted octanol–water partition coefficient (Wildman–Crippen LogP) is 3.02. The molecule has 0 spiro atoms. The van der Waals surface area contributed by atoms with Gasteiger partial charge in [0, 0.05) is 31.5 Å². The summed E-state index contributed by atoms with van der Waals surface area (Å²) < 4.78 is 2.10. The van der Waals surface area contributed by atoms with Crippen molar-refractivity contribution in [3.8, 4) is 0 Å². The number of rotatable bonds is 3. The number of anilines is 1. The largest absolute Gasteiger partial charge is 0.311 e. The van der Waals surface area contributed by atoms with Crippen molar-refractivity contribution in [2.45, 2.75) is 44.7 Å². The molecule has 1 amide bonds. The summed E-state index contributed by atoms with van der Waals surface area (Å²) in [5.41, 5.74) is 2.24. The smallest absolute Gasteiger partial charge is 0.244 e. The van der Waals surface area contributed by atoms with Gasteiger partial charge < -0.3 is 4.90 Å². The van der Waals surface area contributed by atoms with Crippen LogP contribution >= 0.6 is 0 Å². The normalized spacial score (nSPS) is 23.2. The van der Waals surface area contributed by atoms with Gasteiger partial charge in [-0.15, -0.1) is 0 Å². The zero-order chi connectivity index (χ0) is 17.2. The van der Waals surface area contributed by atoms with Gasteiger partial charge in [0.15, 0.2) is 0 Å². The van der Waals surface area contributed by atoms with Crippen LogP contribution in [0.15, 0.2) is 42.7 Å². The van der Waals surface area contributed by atoms with Crippen molar-refractivity contribution in [3.63, 3.8) is 0 Å². The van der Waals surface area contributed by atoms with Gasteiger partial charge in [0.05, 0.1) is 18.3 Å². The fourth-order valence-electron chi connectivity index (χ4n) is 4.15. The Morgan fingerprint density at radius 2 is 1.80 bits per heavy atom. The quantitative estimate of drug-likeness (QED) is 0.864. The Balaban J connectivity index is 1.41. The second-order valence-electron chi connectivity index (χ2n) is 7.25. The van der Waals surface area contributed by atoms with Gasteiger partial charge in [-0.3, -0.25) is 14.4 Å². The molecule has 2 fully saturated rings. The first-order valence-corrected chi connectivity index (χ1v) is 9.33. The molecule has 4 rings (SSSR count). The minimum Gasteiger partial charge on any atom is -0.311 e. The van der Waals surface area contributed by atoms with E-state index in [1.54, 1.807) is 0 Å². The molecule has 0 saturated carbocycles. The Morgan fingerprint density at radius 3 is 2.48 bits per heavy atom. The van der Waals surface area contributed by atoms with Gasteiger partial charge in [-0.2, -0.15) is 5.10 Å². The average Bonchev–Trinajstić information content (AvgIpc) is 3.09. The molecule has 1 aromatic heterocycles. The summed E-state index contributed by atoms with van der Waals surface area (Å²) in [7, 11) is 0. The summed E-state index contributed by atoms with van der Waals surface area (Å²) in [6, 6.07) is 10.6. The first-order valence-electron chi connectivity index (χ1n) is 9.33. The summed E-state index contributed by atoms with van der Waals surface area (Å²) in [4.78, 5) is 17.4. The predicted molar refractivity (Wildman–Crippen MR) is 98.6 cm³/mol. The van der Waals surface area contributed by atoms with Crippen molar-refractivity contribution < 1.29 is 4.79 Å². The standard InChI is InChI=1S/C20H26N4O/c1-16-14-21-24(15-16)18-9-12-22(13-10-18)19-8-5-11-23(20(19)25)17-6-3-2-4-7-17/h2-4,6-7,14-15,18-19H,5,8-13H2,1H3/t19-/m1/s1. The second-order valence-corrected chi connectivity index (χ2v) is 7.25. The molecule has 2 aliphatic heterocycles. The maximum atomic E-state index is 13.0. The minimum atomic E-state index is 0.0364. The topological polar surface area (TPSA) is 41.4 Å². The Hall–Kier alpha value is -2.14. The fourth-order valence-corrected chi connectivity index (χ4v) is 4.15. The van der Waals surface area contributed by atoms with Crippen LogP contribution in [0.1, 0.15) is 37.3 Å². The lowest BCUT2D eigenvalue weighted by Gasteiger charge is -2.41. The zero-order valence-electron chi connectivity index (χ0n) is 14.8. The summed E-state index contributed by atoms with van der Waals surface area (Å²) in [5, 5.41) is 4.47. The van der Waals surface area contributed by atoms with E-state index in [0.29, 0.717) is 6.04 Å². The molecule has 3 heterocycles. The van der Waals surface area contributed by atoms with Crippen molar-refractivity contribution in [3.05, 3.63) is 48.3 Å². The lowest BCUT2D eigenvalue weighted by Crippen LogP contribution is -2.54. The Morgan fingerprint density at radius 1 is 1.04 bits per heavy atom. The van der Waals surface area contributed by atoms with Crippen LogP contribution in [0.2, 0.25) is 0 Å². The van der Waals surface area contributed by atoms with Gasteiger partial charge in [0.2, 0.25) is 5.91 Å². The van der Waals surface area contributed by atoms with Crippen molar-refractivity contribution in [2.24, 2.45) is 0 Å². The number of hydrogen-bond acceptors (Lipinski definition) is 3. The van der Waals surface area contributed by atoms with E-state index in [-0.39, 0.29) is 11.9 Å². The van der Waals surface area contributed by atoms with E-state index in [0.717, 1.165) is 51.0 Å². The van der Waals surface area contributed by atoms with Crippen LogP contribution in [0.25, 0.3) is 0 Å². The second kappa shape index (κ2) is 7.00. The third kappa shape index (κ3) is 3.33. The third-order valence-corrected chi connectivity index (χ3v) is 5.52. The molecule has 0 radical (unpaired) electrons. The van der Waals surface area contributed by atoms with Crippen LogP contribution < -0.4 is 4.90 Å². The van der Waals surface area contributed by atoms with E-state index in [4.69, 9.17) is 0 Å². The molecule has 1 aromatic carbocycles. The molecule has 25 heavy (non-hydrogen) atoms. The van der Waals surface area contributed by atoms with Gasteiger partial charge >= 0.3 is 0 Å². The molecule has 0 unspecified atom stereocenters. The fraction of sp³-hybridized carbons (Fsp3) is 0.500. The number of hydrogen-bond donors (Lipinski definition) is 0. The number of carbonyl (C=O) groups excluding carboxylic acids is 1. The lowest BCUT2D eigenvalue weighted by atomic mass is 9.97. The van der Waals surface area contributed by atoms with E-state index in [1.165, 1.54) is 5.56 Å². The molecular formula is C20H26N4O. The summed E-state index contributed by atoms with van der Waals surface area (Å²) in [6.07, 6.45) is 8.24. The molecular weight excluding hydrogens is 312 g/mol. The zero-order valence-corrected chi connectivity index (χ0v) is 14.8. The monoisotopic (exact) mass is 338 g/mol. The van der Waals surface area contributed by atoms with E-state index in [1.807, 2.05) is 41.4 Å². The average molecular weight is 338 g/mol. The number of likely N-dealkylation sites (tertiary alicyclic amines) is 1. The number of nitrogens with zero attached hydrogens (tertiary/aromatic N) is 4. The van der Waals surface area contributed by atoms with E-state index in [2.05, 4.69) is 27.8 Å². The number of para-hydroxylation sites is 1. The number of amides is 1. The van der Waals surface area contributed by atoms with Crippen molar-refractivity contribution in [2.75, 3.05) is 24.5 Å². The Kier molecular flexibility index (Phi) is 4.57. The molecule has 1 atom stereocenters. The van der Waals surface area contributed by atoms with Crippen LogP contribution in [0.5, 0.6) is 0 Å². The molecule has 0 N–H and O–H groups in total. The number of aromatic nitrogens is 2. The van der Waals surface area contributed by atoms with Gasteiger partial charge in [0.1, 0.15) is 0 Å². The molecule has 0 aliphatic carbocycles. The first-order chi connectivity index (χ1) is 12.2. The highest BCUT2D eigenvalue weighted by molar-refractivity contribution is 5.97. The Labute approximate surface area is 149 Å². The molecule has 2 saturated heterocycles. The van der Waals surface area contributed by atoms with Gasteiger partial charge in [-0.1, -0.05) is 18.2 Å². The van der Waals surface area contributed by atoms with Gasteiger partial charge in [0.25, 0.3) is 0 Å². The van der Waals surface area contributed by atoms with Crippen LogP contribution in [0.3, 0.4) is 0 Å². The first kappa shape index (κ1) is 16.3. The van der Waals surface area contributed by atoms with Gasteiger partial charge in [-0.25, -0.2) is 0 Å². The number of benzene rings is 1. The SMILES string of the molecule is Cc1cnn(C2CCN([C@@H]3CCCN(c4ccccc4)C3=O)CC2)c1. The highest BCUT2D eigenvalue weighted by atomic mass is 16.2.